The van der Waals surface area contributed by atoms with Gasteiger partial charge in [0.1, 0.15) is 11.9 Å². The Labute approximate surface area is 185 Å². The quantitative estimate of drug-likeness (QED) is 0.722. The van der Waals surface area contributed by atoms with E-state index < -0.39 is 0 Å². The average molecular weight is 423 g/mol. The summed E-state index contributed by atoms with van der Waals surface area (Å²) >= 11 is 0. The lowest BCUT2D eigenvalue weighted by Gasteiger charge is -2.39. The molecule has 3 aliphatic rings. The van der Waals surface area contributed by atoms with Gasteiger partial charge in [-0.15, -0.1) is 0 Å². The monoisotopic (exact) mass is 422 g/mol. The molecule has 3 heterocycles. The van der Waals surface area contributed by atoms with Crippen molar-refractivity contribution in [3.05, 3.63) is 42.2 Å². The van der Waals surface area contributed by atoms with Crippen molar-refractivity contribution in [2.75, 3.05) is 26.2 Å². The molecule has 3 fully saturated rings. The first kappa shape index (κ1) is 20.6. The van der Waals surface area contributed by atoms with Gasteiger partial charge in [-0.2, -0.15) is 5.10 Å². The summed E-state index contributed by atoms with van der Waals surface area (Å²) in [6, 6.07) is 8.89. The Morgan fingerprint density at radius 2 is 1.58 bits per heavy atom. The highest BCUT2D eigenvalue weighted by atomic mass is 16.5. The number of ether oxygens (including phenoxy) is 1. The summed E-state index contributed by atoms with van der Waals surface area (Å²) in [4.78, 5) is 17.2. The molecular formula is C25H34N4O2. The van der Waals surface area contributed by atoms with Crippen LogP contribution in [-0.4, -0.2) is 63.8 Å². The Morgan fingerprint density at radius 3 is 2.29 bits per heavy atom. The molecule has 2 aromatic rings. The molecule has 0 unspecified atom stereocenters. The molecule has 166 valence electrons. The van der Waals surface area contributed by atoms with Crippen molar-refractivity contribution in [3.8, 4) is 11.4 Å². The minimum Gasteiger partial charge on any atom is -0.490 e. The molecule has 0 spiro atoms. The first-order valence-electron chi connectivity index (χ1n) is 12.1. The third-order valence-electron chi connectivity index (χ3n) is 7.19. The van der Waals surface area contributed by atoms with E-state index in [9.17, 15) is 4.79 Å². The highest BCUT2D eigenvalue weighted by Gasteiger charge is 2.27. The number of likely N-dealkylation sites (tertiary alicyclic amines) is 2. The van der Waals surface area contributed by atoms with E-state index >= 15 is 0 Å². The number of rotatable bonds is 5. The molecule has 6 nitrogen and oxygen atoms in total. The van der Waals surface area contributed by atoms with Crippen LogP contribution in [0.5, 0.6) is 5.75 Å². The molecule has 2 aliphatic heterocycles. The maximum Gasteiger partial charge on any atom is 0.257 e. The molecule has 5 rings (SSSR count). The maximum absolute atomic E-state index is 12.5. The number of carbonyl (C=O) groups excluding carboxylic acids is 1. The molecule has 0 atom stereocenters. The van der Waals surface area contributed by atoms with E-state index in [1.165, 1.54) is 32.1 Å². The van der Waals surface area contributed by atoms with E-state index in [0.717, 1.165) is 69.3 Å². The van der Waals surface area contributed by atoms with Gasteiger partial charge < -0.3 is 14.5 Å². The van der Waals surface area contributed by atoms with Crippen molar-refractivity contribution in [2.24, 2.45) is 0 Å². The van der Waals surface area contributed by atoms with Gasteiger partial charge in [0.25, 0.3) is 5.91 Å². The second kappa shape index (κ2) is 9.43. The lowest BCUT2D eigenvalue weighted by atomic mass is 9.92. The van der Waals surface area contributed by atoms with Crippen LogP contribution >= 0.6 is 0 Å². The van der Waals surface area contributed by atoms with E-state index in [2.05, 4.69) is 10.00 Å². The third kappa shape index (κ3) is 4.79. The van der Waals surface area contributed by atoms with Crippen LogP contribution in [0, 0.1) is 0 Å². The van der Waals surface area contributed by atoms with Crippen LogP contribution in [0.15, 0.2) is 36.7 Å². The SMILES string of the molecule is O=C(c1cnn(-c2ccc(OC3CCN(C4CCCCC4)CC3)cc2)c1)N1CCCC1. The fraction of sp³-hybridized carbons (Fsp3) is 0.600. The van der Waals surface area contributed by atoms with Crippen LogP contribution in [0.1, 0.15) is 68.1 Å². The number of aromatic nitrogens is 2. The van der Waals surface area contributed by atoms with Crippen molar-refractivity contribution in [2.45, 2.75) is 69.9 Å². The van der Waals surface area contributed by atoms with Gasteiger partial charge in [0.05, 0.1) is 17.4 Å². The predicted molar refractivity (Wildman–Crippen MR) is 121 cm³/mol. The van der Waals surface area contributed by atoms with Gasteiger partial charge in [0, 0.05) is 38.4 Å². The maximum atomic E-state index is 12.5. The summed E-state index contributed by atoms with van der Waals surface area (Å²) in [7, 11) is 0. The van der Waals surface area contributed by atoms with Crippen LogP contribution in [-0.2, 0) is 0 Å². The molecule has 1 amide bonds. The van der Waals surface area contributed by atoms with E-state index in [0.29, 0.717) is 11.7 Å². The normalized spacial score (nSPS) is 21.5. The number of piperidine rings is 1. The van der Waals surface area contributed by atoms with E-state index in [1.54, 1.807) is 10.9 Å². The van der Waals surface area contributed by atoms with Crippen LogP contribution in [0.3, 0.4) is 0 Å². The molecule has 0 N–H and O–H groups in total. The summed E-state index contributed by atoms with van der Waals surface area (Å²) in [5.41, 5.74) is 1.60. The topological polar surface area (TPSA) is 50.6 Å². The first-order valence-corrected chi connectivity index (χ1v) is 12.1. The summed E-state index contributed by atoms with van der Waals surface area (Å²) in [5, 5.41) is 4.40. The molecule has 1 aliphatic carbocycles. The molecule has 1 aromatic heterocycles. The third-order valence-corrected chi connectivity index (χ3v) is 7.19. The second-order valence-corrected chi connectivity index (χ2v) is 9.31. The van der Waals surface area contributed by atoms with E-state index in [-0.39, 0.29) is 5.91 Å². The van der Waals surface area contributed by atoms with Crippen LogP contribution in [0.25, 0.3) is 5.69 Å². The Bertz CT molecular complexity index is 858. The van der Waals surface area contributed by atoms with Crippen molar-refractivity contribution < 1.29 is 9.53 Å². The minimum absolute atomic E-state index is 0.0864. The van der Waals surface area contributed by atoms with Crippen molar-refractivity contribution >= 4 is 5.91 Å². The Balaban J connectivity index is 1.14. The van der Waals surface area contributed by atoms with Gasteiger partial charge in [0.2, 0.25) is 0 Å². The smallest absolute Gasteiger partial charge is 0.257 e. The van der Waals surface area contributed by atoms with Gasteiger partial charge in [-0.25, -0.2) is 4.68 Å². The van der Waals surface area contributed by atoms with Crippen molar-refractivity contribution in [3.63, 3.8) is 0 Å². The van der Waals surface area contributed by atoms with Crippen LogP contribution in [0.4, 0.5) is 0 Å². The van der Waals surface area contributed by atoms with Crippen LogP contribution < -0.4 is 4.74 Å². The highest BCUT2D eigenvalue weighted by molar-refractivity contribution is 5.94. The fourth-order valence-electron chi connectivity index (χ4n) is 5.35. The molecule has 1 saturated carbocycles. The highest BCUT2D eigenvalue weighted by Crippen LogP contribution is 2.27. The second-order valence-electron chi connectivity index (χ2n) is 9.31. The molecule has 0 radical (unpaired) electrons. The van der Waals surface area contributed by atoms with E-state index in [1.807, 2.05) is 35.4 Å². The average Bonchev–Trinajstić information content (AvgIpc) is 3.53. The zero-order chi connectivity index (χ0) is 21.0. The number of hydrogen-bond donors (Lipinski definition) is 0. The number of carbonyl (C=O) groups is 1. The Morgan fingerprint density at radius 1 is 0.871 bits per heavy atom. The summed E-state index contributed by atoms with van der Waals surface area (Å²) < 4.78 is 8.05. The van der Waals surface area contributed by atoms with Gasteiger partial charge in [0.15, 0.2) is 0 Å². The van der Waals surface area contributed by atoms with Gasteiger partial charge in [-0.05, 0) is 62.8 Å². The first-order chi connectivity index (χ1) is 15.3. The van der Waals surface area contributed by atoms with E-state index in [4.69, 9.17) is 4.74 Å². The zero-order valence-electron chi connectivity index (χ0n) is 18.4. The molecule has 1 aromatic carbocycles. The Hall–Kier alpha value is -2.34. The zero-order valence-corrected chi connectivity index (χ0v) is 18.4. The number of benzene rings is 1. The molecule has 31 heavy (non-hydrogen) atoms. The lowest BCUT2D eigenvalue weighted by molar-refractivity contribution is 0.0631. The standard InChI is InChI=1S/C25H34N4O2/c30-25(28-14-4-5-15-28)20-18-26-29(19-20)22-8-10-23(11-9-22)31-24-12-16-27(17-13-24)21-6-2-1-3-7-21/h8-11,18-19,21,24H,1-7,12-17H2. The summed E-state index contributed by atoms with van der Waals surface area (Å²) in [6.07, 6.45) is 15.2. The molecular weight excluding hydrogens is 388 g/mol. The van der Waals surface area contributed by atoms with Gasteiger partial charge >= 0.3 is 0 Å². The minimum atomic E-state index is 0.0864. The molecule has 6 heteroatoms. The van der Waals surface area contributed by atoms with Crippen molar-refractivity contribution in [1.29, 1.82) is 0 Å². The summed E-state index contributed by atoms with van der Waals surface area (Å²) in [5.74, 6) is 1.00. The number of amides is 1. The van der Waals surface area contributed by atoms with Gasteiger partial charge in [-0.3, -0.25) is 4.79 Å². The summed E-state index contributed by atoms with van der Waals surface area (Å²) in [6.45, 7) is 4.04. The largest absolute Gasteiger partial charge is 0.490 e. The molecule has 0 bridgehead atoms. The lowest BCUT2D eigenvalue weighted by Crippen LogP contribution is -2.44. The molecule has 2 saturated heterocycles. The number of hydrogen-bond acceptors (Lipinski definition) is 4. The van der Waals surface area contributed by atoms with Crippen LogP contribution in [0.2, 0.25) is 0 Å². The fourth-order valence-corrected chi connectivity index (χ4v) is 5.35. The Kier molecular flexibility index (Phi) is 6.25. The van der Waals surface area contributed by atoms with Gasteiger partial charge in [-0.1, -0.05) is 19.3 Å². The predicted octanol–water partition coefficient (Wildman–Crippen LogP) is 4.28. The number of nitrogens with zero attached hydrogens (tertiary/aromatic N) is 4. The van der Waals surface area contributed by atoms with Crippen molar-refractivity contribution in [1.82, 2.24) is 19.6 Å².